The zero-order chi connectivity index (χ0) is 22.3. The van der Waals surface area contributed by atoms with Gasteiger partial charge >= 0.3 is 0 Å². The number of fused-ring (bicyclic) bond motifs is 1. The van der Waals surface area contributed by atoms with E-state index in [2.05, 4.69) is 11.1 Å². The first-order valence-corrected chi connectivity index (χ1v) is 11.5. The Morgan fingerprint density at radius 1 is 1.00 bits per heavy atom. The maximum Gasteiger partial charge on any atom is 0.293 e. The molecule has 0 aliphatic carbocycles. The largest absolute Gasteiger partial charge is 0.361 e. The van der Waals surface area contributed by atoms with Crippen LogP contribution in [0.15, 0.2) is 77.9 Å². The number of para-hydroxylation sites is 1. The van der Waals surface area contributed by atoms with Gasteiger partial charge in [-0.15, -0.1) is 0 Å². The van der Waals surface area contributed by atoms with Gasteiger partial charge < -0.3 is 4.98 Å². The number of nitrogens with zero attached hydrogens (tertiary/aromatic N) is 1. The lowest BCUT2D eigenvalue weighted by atomic mass is 10.0. The van der Waals surface area contributed by atoms with Crippen LogP contribution in [0.25, 0.3) is 17.0 Å². The number of H-pyrrole nitrogens is 1. The molecule has 2 heterocycles. The molecule has 0 radical (unpaired) electrons. The van der Waals surface area contributed by atoms with Gasteiger partial charge in [0.2, 0.25) is 0 Å². The summed E-state index contributed by atoms with van der Waals surface area (Å²) in [7, 11) is 0. The summed E-state index contributed by atoms with van der Waals surface area (Å²) in [6.07, 6.45) is 9.48. The van der Waals surface area contributed by atoms with Gasteiger partial charge in [0.1, 0.15) is 5.78 Å². The third-order valence-corrected chi connectivity index (χ3v) is 6.33. The molecule has 4 rings (SSSR count). The number of aryl methyl sites for hydroxylation is 1. The van der Waals surface area contributed by atoms with Crippen LogP contribution in [-0.4, -0.2) is 33.4 Å². The van der Waals surface area contributed by atoms with Crippen LogP contribution in [0.2, 0.25) is 0 Å². The molecule has 5 nitrogen and oxygen atoms in total. The van der Waals surface area contributed by atoms with Gasteiger partial charge in [-0.3, -0.25) is 19.3 Å². The zero-order valence-corrected chi connectivity index (χ0v) is 18.4. The number of thioether (sulfide) groups is 1. The third-order valence-electron chi connectivity index (χ3n) is 5.40. The summed E-state index contributed by atoms with van der Waals surface area (Å²) in [5, 5.41) is 0.867. The van der Waals surface area contributed by atoms with Crippen LogP contribution in [0.3, 0.4) is 0 Å². The van der Waals surface area contributed by atoms with Gasteiger partial charge in [0, 0.05) is 36.5 Å². The Hall–Kier alpha value is -3.38. The van der Waals surface area contributed by atoms with Crippen LogP contribution in [0.5, 0.6) is 0 Å². The van der Waals surface area contributed by atoms with Gasteiger partial charge in [-0.05, 0) is 47.9 Å². The minimum Gasteiger partial charge on any atom is -0.361 e. The lowest BCUT2D eigenvalue weighted by molar-refractivity contribution is -0.123. The summed E-state index contributed by atoms with van der Waals surface area (Å²) < 4.78 is 0. The SMILES string of the molecule is O=C(CCCc1c[nH]c2ccccc12)CCN1C(=O)S/C(=C/C=C/c2ccccc2)C1=O. The predicted molar refractivity (Wildman–Crippen MR) is 129 cm³/mol. The van der Waals surface area contributed by atoms with Crippen LogP contribution in [0.1, 0.15) is 30.4 Å². The molecule has 1 aliphatic rings. The molecule has 162 valence electrons. The molecular formula is C26H24N2O3S. The molecule has 0 saturated carbocycles. The van der Waals surface area contributed by atoms with E-state index in [4.69, 9.17) is 0 Å². The first kappa shape index (κ1) is 21.8. The van der Waals surface area contributed by atoms with Crippen molar-refractivity contribution in [2.45, 2.75) is 25.7 Å². The molecule has 0 unspecified atom stereocenters. The van der Waals surface area contributed by atoms with Crippen molar-refractivity contribution in [1.82, 2.24) is 9.88 Å². The van der Waals surface area contributed by atoms with E-state index in [0.717, 1.165) is 35.7 Å². The molecule has 2 amide bonds. The van der Waals surface area contributed by atoms with Gasteiger partial charge in [0.05, 0.1) is 4.91 Å². The molecule has 32 heavy (non-hydrogen) atoms. The zero-order valence-electron chi connectivity index (χ0n) is 17.6. The molecule has 1 fully saturated rings. The highest BCUT2D eigenvalue weighted by molar-refractivity contribution is 8.18. The van der Waals surface area contributed by atoms with E-state index in [9.17, 15) is 14.4 Å². The summed E-state index contributed by atoms with van der Waals surface area (Å²) in [6.45, 7) is 0.135. The quantitative estimate of drug-likeness (QED) is 0.427. The molecule has 1 aromatic heterocycles. The Labute approximate surface area is 191 Å². The van der Waals surface area contributed by atoms with Gasteiger partial charge in [-0.2, -0.15) is 0 Å². The summed E-state index contributed by atoms with van der Waals surface area (Å²) in [4.78, 5) is 41.9. The number of hydrogen-bond acceptors (Lipinski definition) is 4. The Kier molecular flexibility index (Phi) is 7.02. The second kappa shape index (κ2) is 10.3. The van der Waals surface area contributed by atoms with Crippen LogP contribution in [0.4, 0.5) is 4.79 Å². The number of hydrogen-bond donors (Lipinski definition) is 1. The number of rotatable bonds is 9. The normalized spacial score (nSPS) is 15.5. The molecule has 0 bridgehead atoms. The smallest absolute Gasteiger partial charge is 0.293 e. The van der Waals surface area contributed by atoms with E-state index in [1.807, 2.05) is 60.8 Å². The number of carbonyl (C=O) groups is 3. The Morgan fingerprint density at radius 2 is 1.78 bits per heavy atom. The molecule has 1 saturated heterocycles. The standard InChI is InChI=1S/C26H24N2O3S/c29-21(12-7-11-20-18-27-23-14-5-4-13-22(20)23)16-17-28-25(30)24(32-26(28)31)15-6-10-19-8-2-1-3-9-19/h1-6,8-10,13-15,18,27H,7,11-12,16-17H2/b10-6+,24-15+. The summed E-state index contributed by atoms with van der Waals surface area (Å²) >= 11 is 0.918. The van der Waals surface area contributed by atoms with Crippen LogP contribution >= 0.6 is 11.8 Å². The van der Waals surface area contributed by atoms with Crippen molar-refractivity contribution in [3.05, 3.63) is 89.0 Å². The second-order valence-electron chi connectivity index (χ2n) is 7.63. The van der Waals surface area contributed by atoms with E-state index in [-0.39, 0.29) is 29.9 Å². The van der Waals surface area contributed by atoms with Gasteiger partial charge in [-0.1, -0.05) is 60.7 Å². The third kappa shape index (κ3) is 5.26. The fourth-order valence-electron chi connectivity index (χ4n) is 3.69. The maximum atomic E-state index is 12.5. The predicted octanol–water partition coefficient (Wildman–Crippen LogP) is 5.74. The highest BCUT2D eigenvalue weighted by Crippen LogP contribution is 2.30. The molecule has 0 spiro atoms. The number of nitrogens with one attached hydrogen (secondary N) is 1. The Bertz CT molecular complexity index is 1190. The summed E-state index contributed by atoms with van der Waals surface area (Å²) in [6, 6.07) is 17.8. The van der Waals surface area contributed by atoms with Crippen molar-refractivity contribution in [2.75, 3.05) is 6.54 Å². The van der Waals surface area contributed by atoms with Crippen LogP contribution < -0.4 is 0 Å². The maximum absolute atomic E-state index is 12.5. The molecule has 1 N–H and O–H groups in total. The van der Waals surface area contributed by atoms with Crippen molar-refractivity contribution in [2.24, 2.45) is 0 Å². The second-order valence-corrected chi connectivity index (χ2v) is 8.62. The van der Waals surface area contributed by atoms with E-state index in [1.54, 1.807) is 12.2 Å². The molecule has 3 aromatic rings. The van der Waals surface area contributed by atoms with Crippen molar-refractivity contribution in [1.29, 1.82) is 0 Å². The number of carbonyl (C=O) groups excluding carboxylic acids is 3. The molecular weight excluding hydrogens is 420 g/mol. The number of ketones is 1. The monoisotopic (exact) mass is 444 g/mol. The van der Waals surface area contributed by atoms with Gasteiger partial charge in [-0.25, -0.2) is 0 Å². The lowest BCUT2D eigenvalue weighted by Crippen LogP contribution is -2.30. The van der Waals surface area contributed by atoms with Gasteiger partial charge in [0.15, 0.2) is 0 Å². The Balaban J connectivity index is 1.24. The number of imide groups is 1. The summed E-state index contributed by atoms with van der Waals surface area (Å²) in [5.74, 6) is -0.263. The lowest BCUT2D eigenvalue weighted by Gasteiger charge is -2.11. The minimum atomic E-state index is -0.329. The molecule has 2 aromatic carbocycles. The topological polar surface area (TPSA) is 70.2 Å². The minimum absolute atomic E-state index is 0.0665. The molecule has 1 aliphatic heterocycles. The molecule has 6 heteroatoms. The number of aromatic nitrogens is 1. The molecule has 0 atom stereocenters. The van der Waals surface area contributed by atoms with Crippen LogP contribution in [0, 0.1) is 0 Å². The van der Waals surface area contributed by atoms with Crippen molar-refractivity contribution in [3.8, 4) is 0 Å². The number of amides is 2. The highest BCUT2D eigenvalue weighted by Gasteiger charge is 2.34. The number of allylic oxidation sites excluding steroid dienone is 2. The van der Waals surface area contributed by atoms with E-state index >= 15 is 0 Å². The average molecular weight is 445 g/mol. The number of benzene rings is 2. The van der Waals surface area contributed by atoms with Crippen LogP contribution in [-0.2, 0) is 16.0 Å². The van der Waals surface area contributed by atoms with Crippen molar-refractivity contribution < 1.29 is 14.4 Å². The Morgan fingerprint density at radius 3 is 2.62 bits per heavy atom. The van der Waals surface area contributed by atoms with Crippen molar-refractivity contribution in [3.63, 3.8) is 0 Å². The fraction of sp³-hybridized carbons (Fsp3) is 0.192. The van der Waals surface area contributed by atoms with E-state index < -0.39 is 0 Å². The van der Waals surface area contributed by atoms with Crippen molar-refractivity contribution >= 4 is 45.7 Å². The summed E-state index contributed by atoms with van der Waals surface area (Å²) in [5.41, 5.74) is 3.31. The van der Waals surface area contributed by atoms with Gasteiger partial charge in [0.25, 0.3) is 11.1 Å². The number of Topliss-reactive ketones (excluding diaryl/α,β-unsaturated/α-hetero) is 1. The fourth-order valence-corrected chi connectivity index (χ4v) is 4.51. The first-order valence-electron chi connectivity index (χ1n) is 10.7. The van der Waals surface area contributed by atoms with E-state index in [1.165, 1.54) is 15.8 Å². The average Bonchev–Trinajstić information content (AvgIpc) is 3.33. The first-order chi connectivity index (χ1) is 15.6. The van der Waals surface area contributed by atoms with E-state index in [0.29, 0.717) is 11.3 Å². The highest BCUT2D eigenvalue weighted by atomic mass is 32.2. The number of aromatic amines is 1.